The summed E-state index contributed by atoms with van der Waals surface area (Å²) in [5, 5.41) is 26.7. The summed E-state index contributed by atoms with van der Waals surface area (Å²) in [6.45, 7) is 4.40. The highest BCUT2D eigenvalue weighted by atomic mass is 16.4. The molecule has 0 fully saturated rings. The first-order valence-electron chi connectivity index (χ1n) is 6.64. The van der Waals surface area contributed by atoms with E-state index in [2.05, 4.69) is 24.2 Å². The van der Waals surface area contributed by atoms with Gasteiger partial charge in [0.1, 0.15) is 11.3 Å². The van der Waals surface area contributed by atoms with E-state index in [1.807, 2.05) is 0 Å². The molecule has 1 aromatic heterocycles. The lowest BCUT2D eigenvalue weighted by molar-refractivity contribution is 0.0693. The van der Waals surface area contributed by atoms with Gasteiger partial charge in [-0.1, -0.05) is 19.1 Å². The lowest BCUT2D eigenvalue weighted by Crippen LogP contribution is -2.10. The Kier molecular flexibility index (Phi) is 4.23. The van der Waals surface area contributed by atoms with E-state index in [1.54, 1.807) is 10.7 Å². The van der Waals surface area contributed by atoms with Crippen LogP contribution in [0, 0.1) is 5.92 Å². The Hall–Kier alpha value is -2.41. The topological polar surface area (TPSA) is 114 Å². The second-order valence-electron chi connectivity index (χ2n) is 5.20. The van der Waals surface area contributed by atoms with Gasteiger partial charge in [-0.25, -0.2) is 9.48 Å². The van der Waals surface area contributed by atoms with E-state index in [-0.39, 0.29) is 17.9 Å². The summed E-state index contributed by atoms with van der Waals surface area (Å²) in [6.07, 6.45) is 0.725. The SMILES string of the molecule is CC(C)Cc1c(CN)nnn1-c1ccc(O)c(C(=O)O)c1. The maximum atomic E-state index is 11.1. The van der Waals surface area contributed by atoms with Crippen LogP contribution in [0.5, 0.6) is 5.75 Å². The number of hydrogen-bond acceptors (Lipinski definition) is 5. The van der Waals surface area contributed by atoms with Gasteiger partial charge in [0.2, 0.25) is 0 Å². The Morgan fingerprint density at radius 1 is 1.43 bits per heavy atom. The molecule has 0 aliphatic rings. The van der Waals surface area contributed by atoms with E-state index in [1.165, 1.54) is 12.1 Å². The van der Waals surface area contributed by atoms with Crippen molar-refractivity contribution in [2.45, 2.75) is 26.8 Å². The molecule has 21 heavy (non-hydrogen) atoms. The van der Waals surface area contributed by atoms with Crippen LogP contribution in [0.1, 0.15) is 35.6 Å². The molecule has 0 spiro atoms. The summed E-state index contributed by atoms with van der Waals surface area (Å²) in [7, 11) is 0. The molecular formula is C14H18N4O3. The molecule has 0 saturated carbocycles. The van der Waals surface area contributed by atoms with E-state index in [0.717, 1.165) is 12.1 Å². The average molecular weight is 290 g/mol. The molecule has 0 unspecified atom stereocenters. The molecule has 1 aromatic carbocycles. The number of aromatic nitrogens is 3. The van der Waals surface area contributed by atoms with E-state index in [4.69, 9.17) is 10.8 Å². The van der Waals surface area contributed by atoms with Crippen molar-refractivity contribution < 1.29 is 15.0 Å². The molecule has 112 valence electrons. The lowest BCUT2D eigenvalue weighted by Gasteiger charge is -2.11. The van der Waals surface area contributed by atoms with Crippen LogP contribution in [0.15, 0.2) is 18.2 Å². The van der Waals surface area contributed by atoms with Gasteiger partial charge < -0.3 is 15.9 Å². The number of carbonyl (C=O) groups is 1. The number of nitrogens with zero attached hydrogens (tertiary/aromatic N) is 3. The van der Waals surface area contributed by atoms with E-state index >= 15 is 0 Å². The zero-order chi connectivity index (χ0) is 15.6. The monoisotopic (exact) mass is 290 g/mol. The third-order valence-electron chi connectivity index (χ3n) is 3.09. The van der Waals surface area contributed by atoms with Crippen molar-refractivity contribution >= 4 is 5.97 Å². The van der Waals surface area contributed by atoms with E-state index in [9.17, 15) is 9.90 Å². The van der Waals surface area contributed by atoms with Crippen molar-refractivity contribution in [2.75, 3.05) is 0 Å². The molecule has 0 amide bonds. The maximum absolute atomic E-state index is 11.1. The van der Waals surface area contributed by atoms with Crippen LogP contribution in [0.25, 0.3) is 5.69 Å². The van der Waals surface area contributed by atoms with Crippen LogP contribution < -0.4 is 5.73 Å². The number of nitrogens with two attached hydrogens (primary N) is 1. The molecule has 0 atom stereocenters. The predicted octanol–water partition coefficient (Wildman–Crippen LogP) is 1.33. The van der Waals surface area contributed by atoms with Crippen molar-refractivity contribution in [2.24, 2.45) is 11.7 Å². The molecule has 1 heterocycles. The molecule has 0 aliphatic carbocycles. The van der Waals surface area contributed by atoms with Gasteiger partial charge in [-0.3, -0.25) is 0 Å². The highest BCUT2D eigenvalue weighted by molar-refractivity contribution is 5.91. The Morgan fingerprint density at radius 3 is 2.71 bits per heavy atom. The lowest BCUT2D eigenvalue weighted by atomic mass is 10.1. The number of aromatic hydroxyl groups is 1. The van der Waals surface area contributed by atoms with E-state index in [0.29, 0.717) is 17.3 Å². The Balaban J connectivity index is 2.54. The van der Waals surface area contributed by atoms with Crippen molar-refractivity contribution in [1.82, 2.24) is 15.0 Å². The number of carboxylic acid groups (broad SMARTS) is 1. The molecule has 0 radical (unpaired) electrons. The van der Waals surface area contributed by atoms with Gasteiger partial charge in [-0.05, 0) is 30.5 Å². The average Bonchev–Trinajstić information content (AvgIpc) is 2.81. The first kappa shape index (κ1) is 15.0. The van der Waals surface area contributed by atoms with Gasteiger partial charge in [0.25, 0.3) is 0 Å². The van der Waals surface area contributed by atoms with Crippen molar-refractivity contribution in [3.05, 3.63) is 35.2 Å². The van der Waals surface area contributed by atoms with Gasteiger partial charge in [-0.15, -0.1) is 5.10 Å². The Morgan fingerprint density at radius 2 is 2.14 bits per heavy atom. The highest BCUT2D eigenvalue weighted by Gasteiger charge is 2.17. The zero-order valence-electron chi connectivity index (χ0n) is 11.9. The minimum atomic E-state index is -1.20. The zero-order valence-corrected chi connectivity index (χ0v) is 11.9. The number of phenols is 1. The fourth-order valence-electron chi connectivity index (χ4n) is 2.12. The van der Waals surface area contributed by atoms with Gasteiger partial charge in [-0.2, -0.15) is 0 Å². The van der Waals surface area contributed by atoms with Crippen LogP contribution in [0.3, 0.4) is 0 Å². The fourth-order valence-corrected chi connectivity index (χ4v) is 2.12. The summed E-state index contributed by atoms with van der Waals surface area (Å²) in [6, 6.07) is 4.30. The smallest absolute Gasteiger partial charge is 0.339 e. The summed E-state index contributed by atoms with van der Waals surface area (Å²) in [5.41, 5.74) is 7.58. The summed E-state index contributed by atoms with van der Waals surface area (Å²) >= 11 is 0. The van der Waals surface area contributed by atoms with Crippen LogP contribution >= 0.6 is 0 Å². The normalized spacial score (nSPS) is 11.0. The quantitative estimate of drug-likeness (QED) is 0.765. The van der Waals surface area contributed by atoms with Gasteiger partial charge in [0, 0.05) is 6.54 Å². The van der Waals surface area contributed by atoms with Crippen LogP contribution in [-0.2, 0) is 13.0 Å². The number of carboxylic acids is 1. The number of benzene rings is 1. The largest absolute Gasteiger partial charge is 0.507 e. The van der Waals surface area contributed by atoms with Crippen LogP contribution in [0.4, 0.5) is 0 Å². The molecule has 7 heteroatoms. The highest BCUT2D eigenvalue weighted by Crippen LogP contribution is 2.23. The maximum Gasteiger partial charge on any atom is 0.339 e. The molecule has 0 bridgehead atoms. The van der Waals surface area contributed by atoms with E-state index < -0.39 is 5.97 Å². The minimum Gasteiger partial charge on any atom is -0.507 e. The molecule has 0 saturated heterocycles. The van der Waals surface area contributed by atoms with Crippen LogP contribution in [0.2, 0.25) is 0 Å². The fraction of sp³-hybridized carbons (Fsp3) is 0.357. The Bertz CT molecular complexity index is 664. The van der Waals surface area contributed by atoms with Crippen molar-refractivity contribution in [3.63, 3.8) is 0 Å². The number of aromatic carboxylic acids is 1. The number of rotatable bonds is 5. The molecular weight excluding hydrogens is 272 g/mol. The van der Waals surface area contributed by atoms with Crippen LogP contribution in [-0.4, -0.2) is 31.2 Å². The second-order valence-corrected chi connectivity index (χ2v) is 5.20. The molecule has 7 nitrogen and oxygen atoms in total. The predicted molar refractivity (Wildman–Crippen MR) is 76.4 cm³/mol. The van der Waals surface area contributed by atoms with Gasteiger partial charge in [0.05, 0.1) is 17.1 Å². The molecule has 2 aromatic rings. The van der Waals surface area contributed by atoms with Crippen molar-refractivity contribution in [1.29, 1.82) is 0 Å². The van der Waals surface area contributed by atoms with Gasteiger partial charge >= 0.3 is 5.97 Å². The first-order chi connectivity index (χ1) is 9.93. The molecule has 4 N–H and O–H groups in total. The second kappa shape index (κ2) is 5.92. The summed E-state index contributed by atoms with van der Waals surface area (Å²) in [5.74, 6) is -1.10. The number of hydrogen-bond donors (Lipinski definition) is 3. The summed E-state index contributed by atoms with van der Waals surface area (Å²) in [4.78, 5) is 11.1. The van der Waals surface area contributed by atoms with Crippen molar-refractivity contribution in [3.8, 4) is 11.4 Å². The first-order valence-corrected chi connectivity index (χ1v) is 6.64. The third-order valence-corrected chi connectivity index (χ3v) is 3.09. The molecule has 0 aliphatic heterocycles. The summed E-state index contributed by atoms with van der Waals surface area (Å²) < 4.78 is 1.58. The molecule has 2 rings (SSSR count). The van der Waals surface area contributed by atoms with Gasteiger partial charge in [0.15, 0.2) is 0 Å². The third kappa shape index (κ3) is 3.03. The minimum absolute atomic E-state index is 0.173. The Labute approximate surface area is 122 Å². The standard InChI is InChI=1S/C14H18N4O3/c1-8(2)5-12-11(7-15)16-17-18(12)9-3-4-13(19)10(6-9)14(20)21/h3-4,6,8,19H,5,7,15H2,1-2H3,(H,20,21).